The fraction of sp³-hybridized carbons (Fsp3) is 0.786. The lowest BCUT2D eigenvalue weighted by molar-refractivity contribution is 0.260. The first-order chi connectivity index (χ1) is 10.1. The molecule has 7 heteroatoms. The van der Waals surface area contributed by atoms with Crippen molar-refractivity contribution in [3.05, 3.63) is 12.4 Å². The number of hydrogen-bond acceptors (Lipinski definition) is 4. The van der Waals surface area contributed by atoms with Crippen molar-refractivity contribution in [2.75, 3.05) is 13.2 Å². The van der Waals surface area contributed by atoms with Gasteiger partial charge in [-0.3, -0.25) is 4.68 Å². The van der Waals surface area contributed by atoms with Gasteiger partial charge in [0.05, 0.1) is 6.20 Å². The van der Waals surface area contributed by atoms with Crippen LogP contribution < -0.4 is 0 Å². The van der Waals surface area contributed by atoms with E-state index in [9.17, 15) is 8.42 Å². The maximum Gasteiger partial charge on any atom is 0.246 e. The molecule has 0 bridgehead atoms. The summed E-state index contributed by atoms with van der Waals surface area (Å²) in [6.45, 7) is 1.26. The normalized spacial score (nSPS) is 26.9. The molecule has 1 aliphatic carbocycles. The molecule has 1 N–H and O–H groups in total. The largest absolute Gasteiger partial charge is 0.396 e. The van der Waals surface area contributed by atoms with Crippen molar-refractivity contribution < 1.29 is 13.5 Å². The van der Waals surface area contributed by atoms with Gasteiger partial charge in [-0.15, -0.1) is 0 Å². The van der Waals surface area contributed by atoms with Gasteiger partial charge in [0.2, 0.25) is 10.0 Å². The average molecular weight is 313 g/mol. The van der Waals surface area contributed by atoms with E-state index in [2.05, 4.69) is 5.10 Å². The maximum absolute atomic E-state index is 12.8. The van der Waals surface area contributed by atoms with Gasteiger partial charge in [0.15, 0.2) is 0 Å². The van der Waals surface area contributed by atoms with Gasteiger partial charge in [-0.25, -0.2) is 8.42 Å². The summed E-state index contributed by atoms with van der Waals surface area (Å²) < 4.78 is 28.9. The van der Waals surface area contributed by atoms with Crippen molar-refractivity contribution in [1.82, 2.24) is 14.1 Å². The Morgan fingerprint density at radius 2 is 2.10 bits per heavy atom. The maximum atomic E-state index is 12.8. The predicted molar refractivity (Wildman–Crippen MR) is 78.2 cm³/mol. The van der Waals surface area contributed by atoms with Gasteiger partial charge >= 0.3 is 0 Å². The van der Waals surface area contributed by atoms with Crippen LogP contribution in [0, 0.1) is 5.92 Å². The van der Waals surface area contributed by atoms with E-state index in [1.165, 1.54) is 12.6 Å². The predicted octanol–water partition coefficient (Wildman–Crippen LogP) is 1.22. The second-order valence-corrected chi connectivity index (χ2v) is 7.92. The molecule has 2 fully saturated rings. The summed E-state index contributed by atoms with van der Waals surface area (Å²) in [7, 11) is -3.43. The smallest absolute Gasteiger partial charge is 0.246 e. The number of aromatic nitrogens is 2. The van der Waals surface area contributed by atoms with Crippen LogP contribution in [0.4, 0.5) is 0 Å². The van der Waals surface area contributed by atoms with Gasteiger partial charge in [-0.05, 0) is 31.6 Å². The highest BCUT2D eigenvalue weighted by Gasteiger charge is 2.42. The minimum atomic E-state index is -3.43. The molecule has 2 aliphatic rings. The fourth-order valence-corrected chi connectivity index (χ4v) is 5.32. The summed E-state index contributed by atoms with van der Waals surface area (Å²) in [6, 6.07) is 0.185. The number of aliphatic hydroxyl groups is 1. The van der Waals surface area contributed by atoms with E-state index in [4.69, 9.17) is 5.11 Å². The second kappa shape index (κ2) is 6.06. The quantitative estimate of drug-likeness (QED) is 0.887. The minimum Gasteiger partial charge on any atom is -0.396 e. The van der Waals surface area contributed by atoms with Crippen molar-refractivity contribution in [2.24, 2.45) is 5.92 Å². The number of aryl methyl sites for hydroxylation is 1. The molecule has 0 aromatic carbocycles. The topological polar surface area (TPSA) is 75.4 Å². The molecule has 1 saturated heterocycles. The number of nitrogens with zero attached hydrogens (tertiary/aromatic N) is 3. The SMILES string of the molecule is O=S(=O)(c1cnn(CCCO)c1)N1CCC2CCCCC21. The Labute approximate surface area is 125 Å². The summed E-state index contributed by atoms with van der Waals surface area (Å²) >= 11 is 0. The third kappa shape index (κ3) is 2.86. The van der Waals surface area contributed by atoms with E-state index in [0.29, 0.717) is 25.4 Å². The van der Waals surface area contributed by atoms with Crippen LogP contribution in [-0.2, 0) is 16.6 Å². The lowest BCUT2D eigenvalue weighted by Gasteiger charge is -2.30. The molecular weight excluding hydrogens is 290 g/mol. The number of hydrogen-bond donors (Lipinski definition) is 1. The number of fused-ring (bicyclic) bond motifs is 1. The molecule has 0 radical (unpaired) electrons. The molecule has 1 aromatic rings. The number of sulfonamides is 1. The monoisotopic (exact) mass is 313 g/mol. The van der Waals surface area contributed by atoms with Crippen molar-refractivity contribution in [1.29, 1.82) is 0 Å². The summed E-state index contributed by atoms with van der Waals surface area (Å²) in [5, 5.41) is 12.9. The van der Waals surface area contributed by atoms with E-state index in [1.54, 1.807) is 15.2 Å². The van der Waals surface area contributed by atoms with Crippen LogP contribution in [0.2, 0.25) is 0 Å². The van der Waals surface area contributed by atoms with Crippen LogP contribution in [0.5, 0.6) is 0 Å². The third-order valence-corrected chi connectivity index (χ3v) is 6.60. The van der Waals surface area contributed by atoms with E-state index in [1.807, 2.05) is 0 Å². The Hall–Kier alpha value is -0.920. The Bertz CT molecular complexity index is 584. The zero-order valence-corrected chi connectivity index (χ0v) is 13.0. The molecule has 118 valence electrons. The highest BCUT2D eigenvalue weighted by Crippen LogP contribution is 2.38. The first-order valence-corrected chi connectivity index (χ1v) is 9.22. The molecule has 21 heavy (non-hydrogen) atoms. The standard InChI is InChI=1S/C14H23N3O3S/c18-9-3-7-16-11-13(10-15-16)21(19,20)17-8-6-12-4-1-2-5-14(12)17/h10-12,14,18H,1-9H2. The van der Waals surface area contributed by atoms with Gasteiger partial charge in [0.1, 0.15) is 4.90 Å². The van der Waals surface area contributed by atoms with Gasteiger partial charge in [-0.1, -0.05) is 12.8 Å². The van der Waals surface area contributed by atoms with Crippen molar-refractivity contribution in [3.8, 4) is 0 Å². The molecule has 1 saturated carbocycles. The minimum absolute atomic E-state index is 0.0812. The van der Waals surface area contributed by atoms with Crippen LogP contribution in [-0.4, -0.2) is 46.8 Å². The van der Waals surface area contributed by atoms with Crippen LogP contribution in [0.1, 0.15) is 38.5 Å². The number of rotatable bonds is 5. The van der Waals surface area contributed by atoms with Gasteiger partial charge in [0, 0.05) is 31.9 Å². The second-order valence-electron chi connectivity index (χ2n) is 6.03. The number of aliphatic hydroxyl groups excluding tert-OH is 1. The third-order valence-electron chi connectivity index (χ3n) is 4.72. The summed E-state index contributed by atoms with van der Waals surface area (Å²) in [5.41, 5.74) is 0. The lowest BCUT2D eigenvalue weighted by Crippen LogP contribution is -2.39. The van der Waals surface area contributed by atoms with E-state index in [-0.39, 0.29) is 17.5 Å². The van der Waals surface area contributed by atoms with Crippen molar-refractivity contribution in [3.63, 3.8) is 0 Å². The molecular formula is C14H23N3O3S. The van der Waals surface area contributed by atoms with Crippen molar-refractivity contribution >= 4 is 10.0 Å². The highest BCUT2D eigenvalue weighted by molar-refractivity contribution is 7.89. The summed E-state index contributed by atoms with van der Waals surface area (Å²) in [4.78, 5) is 0.284. The molecule has 0 spiro atoms. The summed E-state index contributed by atoms with van der Waals surface area (Å²) in [5.74, 6) is 0.540. The average Bonchev–Trinajstić information content (AvgIpc) is 3.12. The molecule has 3 rings (SSSR count). The van der Waals surface area contributed by atoms with Crippen molar-refractivity contribution in [2.45, 2.75) is 56.0 Å². The van der Waals surface area contributed by atoms with Crippen LogP contribution >= 0.6 is 0 Å². The lowest BCUT2D eigenvalue weighted by atomic mass is 9.86. The zero-order chi connectivity index (χ0) is 14.9. The van der Waals surface area contributed by atoms with Gasteiger partial charge in [0.25, 0.3) is 0 Å². The summed E-state index contributed by atoms with van der Waals surface area (Å²) in [6.07, 6.45) is 9.09. The molecule has 6 nitrogen and oxygen atoms in total. The van der Waals surface area contributed by atoms with Gasteiger partial charge < -0.3 is 5.11 Å². The van der Waals surface area contributed by atoms with Crippen LogP contribution in [0.25, 0.3) is 0 Å². The van der Waals surface area contributed by atoms with Gasteiger partial charge in [-0.2, -0.15) is 9.40 Å². The molecule has 2 heterocycles. The molecule has 0 amide bonds. The highest BCUT2D eigenvalue weighted by atomic mass is 32.2. The fourth-order valence-electron chi connectivity index (χ4n) is 3.63. The molecule has 1 aromatic heterocycles. The zero-order valence-electron chi connectivity index (χ0n) is 12.2. The van der Waals surface area contributed by atoms with Crippen LogP contribution in [0.3, 0.4) is 0 Å². The Kier molecular flexibility index (Phi) is 4.33. The van der Waals surface area contributed by atoms with E-state index < -0.39 is 10.0 Å². The molecule has 2 unspecified atom stereocenters. The Balaban J connectivity index is 1.78. The van der Waals surface area contributed by atoms with E-state index in [0.717, 1.165) is 25.7 Å². The first-order valence-electron chi connectivity index (χ1n) is 7.78. The van der Waals surface area contributed by atoms with Crippen LogP contribution in [0.15, 0.2) is 17.3 Å². The Morgan fingerprint density at radius 3 is 2.90 bits per heavy atom. The first kappa shape index (κ1) is 15.0. The molecule has 1 aliphatic heterocycles. The molecule has 2 atom stereocenters. The Morgan fingerprint density at radius 1 is 1.29 bits per heavy atom. The van der Waals surface area contributed by atoms with E-state index >= 15 is 0 Å².